The van der Waals surface area contributed by atoms with Gasteiger partial charge in [0.05, 0.1) is 29.5 Å². The fraction of sp³-hybridized carbons (Fsp3) is 0.533. The van der Waals surface area contributed by atoms with Gasteiger partial charge in [-0.1, -0.05) is 25.1 Å². The molecule has 0 aliphatic carbocycles. The van der Waals surface area contributed by atoms with E-state index in [0.29, 0.717) is 51.4 Å². The maximum atomic E-state index is 13.7. The van der Waals surface area contributed by atoms with Gasteiger partial charge in [0.25, 0.3) is 5.91 Å². The Balaban J connectivity index is 1.60. The number of hydrogen-bond donors (Lipinski definition) is 2. The van der Waals surface area contributed by atoms with E-state index < -0.39 is 23.9 Å². The second-order valence-corrected chi connectivity index (χ2v) is 11.1. The van der Waals surface area contributed by atoms with Gasteiger partial charge in [-0.15, -0.1) is 0 Å². The summed E-state index contributed by atoms with van der Waals surface area (Å²) in [5.41, 5.74) is 0.705. The summed E-state index contributed by atoms with van der Waals surface area (Å²) < 4.78 is 50.9. The van der Waals surface area contributed by atoms with Crippen LogP contribution in [0, 0.1) is 11.8 Å². The number of ether oxygens (including phenoxy) is 2. The average molecular weight is 578 g/mol. The largest absolute Gasteiger partial charge is 0.486 e. The molecule has 2 aromatic carbocycles. The first kappa shape index (κ1) is 30.8. The number of aliphatic hydroxyl groups excluding tert-OH is 1. The van der Waals surface area contributed by atoms with Crippen molar-refractivity contribution < 1.29 is 37.3 Å². The molecule has 0 saturated carbocycles. The molecule has 0 aromatic heterocycles. The summed E-state index contributed by atoms with van der Waals surface area (Å²) in [5.74, 6) is -0.571. The number of hydrogen-bond acceptors (Lipinski definition) is 6. The van der Waals surface area contributed by atoms with E-state index >= 15 is 0 Å². The van der Waals surface area contributed by atoms with Gasteiger partial charge in [0, 0.05) is 44.7 Å². The molecule has 8 nitrogen and oxygen atoms in total. The molecule has 0 spiro atoms. The van der Waals surface area contributed by atoms with Crippen LogP contribution >= 0.6 is 0 Å². The lowest BCUT2D eigenvalue weighted by molar-refractivity contribution is -0.137. The van der Waals surface area contributed by atoms with Gasteiger partial charge in [-0.3, -0.25) is 14.5 Å². The Kier molecular flexibility index (Phi) is 9.93. The van der Waals surface area contributed by atoms with Crippen LogP contribution in [0.1, 0.15) is 48.2 Å². The third-order valence-corrected chi connectivity index (χ3v) is 7.77. The van der Waals surface area contributed by atoms with Crippen LogP contribution in [0.2, 0.25) is 0 Å². The standard InChI is InChI=1S/C30H38F3N3O5/c1-19-15-36(20(2)18-37)29(39)24-5-4-6-25(34-28(38)22-11-13-40-14-12-22)27(24)41-26(19)17-35(3)16-21-7-9-23(10-8-21)30(31,32)33/h4-10,19-20,22,26,37H,11-18H2,1-3H3,(H,34,38)/t19-,20-,26+/m0/s1. The number of aliphatic hydroxyl groups is 1. The number of halogens is 3. The molecular formula is C30H38F3N3O5. The molecule has 4 rings (SSSR count). The lowest BCUT2D eigenvalue weighted by atomic mass is 9.98. The van der Waals surface area contributed by atoms with Crippen molar-refractivity contribution in [2.24, 2.45) is 11.8 Å². The molecule has 0 radical (unpaired) electrons. The van der Waals surface area contributed by atoms with Gasteiger partial charge in [-0.05, 0) is 56.6 Å². The number of anilines is 1. The van der Waals surface area contributed by atoms with Crippen LogP contribution in [0.25, 0.3) is 0 Å². The number of fused-ring (bicyclic) bond motifs is 1. The Morgan fingerprint density at radius 1 is 1.17 bits per heavy atom. The molecule has 0 unspecified atom stereocenters. The number of benzene rings is 2. The Hall–Kier alpha value is -3.15. The van der Waals surface area contributed by atoms with Crippen molar-refractivity contribution in [3.63, 3.8) is 0 Å². The van der Waals surface area contributed by atoms with Crippen LogP contribution in [0.15, 0.2) is 42.5 Å². The van der Waals surface area contributed by atoms with Gasteiger partial charge in [-0.2, -0.15) is 13.2 Å². The molecule has 2 aliphatic rings. The van der Waals surface area contributed by atoms with Crippen molar-refractivity contribution in [1.82, 2.24) is 9.80 Å². The highest BCUT2D eigenvalue weighted by Gasteiger charge is 2.35. The number of likely N-dealkylation sites (N-methyl/N-ethyl adjacent to an activating group) is 1. The maximum Gasteiger partial charge on any atom is 0.416 e. The number of alkyl halides is 3. The molecule has 3 atom stereocenters. The van der Waals surface area contributed by atoms with Gasteiger partial charge in [0.2, 0.25) is 5.91 Å². The number of amides is 2. The number of nitrogens with zero attached hydrogens (tertiary/aromatic N) is 2. The fourth-order valence-corrected chi connectivity index (χ4v) is 5.24. The highest BCUT2D eigenvalue weighted by molar-refractivity contribution is 6.02. The second-order valence-electron chi connectivity index (χ2n) is 11.1. The SMILES string of the molecule is C[C@H]1CN([C@@H](C)CO)C(=O)c2cccc(NC(=O)C3CCOCC3)c2O[C@@H]1CN(C)Cc1ccc(C(F)(F)F)cc1. The van der Waals surface area contributed by atoms with Gasteiger partial charge in [-0.25, -0.2) is 0 Å². The van der Waals surface area contributed by atoms with E-state index in [4.69, 9.17) is 9.47 Å². The molecule has 0 bridgehead atoms. The Morgan fingerprint density at radius 3 is 2.49 bits per heavy atom. The molecule has 41 heavy (non-hydrogen) atoms. The van der Waals surface area contributed by atoms with Crippen molar-refractivity contribution in [3.8, 4) is 5.75 Å². The minimum absolute atomic E-state index is 0.163. The van der Waals surface area contributed by atoms with E-state index in [2.05, 4.69) is 5.32 Å². The Labute approximate surface area is 238 Å². The highest BCUT2D eigenvalue weighted by atomic mass is 19.4. The topological polar surface area (TPSA) is 91.3 Å². The molecule has 2 N–H and O–H groups in total. The molecule has 2 heterocycles. The van der Waals surface area contributed by atoms with Crippen molar-refractivity contribution in [3.05, 3.63) is 59.2 Å². The first-order valence-corrected chi connectivity index (χ1v) is 13.9. The zero-order valence-corrected chi connectivity index (χ0v) is 23.6. The normalized spacial score (nSPS) is 21.1. The predicted molar refractivity (Wildman–Crippen MR) is 148 cm³/mol. The molecule has 2 aliphatic heterocycles. The number of nitrogens with one attached hydrogen (secondary N) is 1. The zero-order valence-electron chi connectivity index (χ0n) is 23.6. The predicted octanol–water partition coefficient (Wildman–Crippen LogP) is 4.42. The van der Waals surface area contributed by atoms with Crippen molar-refractivity contribution in [2.75, 3.05) is 45.3 Å². The third kappa shape index (κ3) is 7.58. The van der Waals surface area contributed by atoms with Crippen LogP contribution in [-0.4, -0.2) is 78.8 Å². The summed E-state index contributed by atoms with van der Waals surface area (Å²) in [6.07, 6.45) is -3.61. The number of carbonyl (C=O) groups is 2. The van der Waals surface area contributed by atoms with Crippen LogP contribution < -0.4 is 10.1 Å². The molecule has 1 fully saturated rings. The van der Waals surface area contributed by atoms with E-state index in [1.54, 1.807) is 30.0 Å². The summed E-state index contributed by atoms with van der Waals surface area (Å²) in [4.78, 5) is 30.3. The first-order valence-electron chi connectivity index (χ1n) is 13.9. The lowest BCUT2D eigenvalue weighted by Gasteiger charge is -2.38. The zero-order chi connectivity index (χ0) is 29.7. The van der Waals surface area contributed by atoms with Gasteiger partial charge in [0.15, 0.2) is 5.75 Å². The van der Waals surface area contributed by atoms with Crippen molar-refractivity contribution >= 4 is 17.5 Å². The summed E-state index contributed by atoms with van der Waals surface area (Å²) in [5, 5.41) is 12.9. The van der Waals surface area contributed by atoms with Crippen molar-refractivity contribution in [2.45, 2.75) is 51.6 Å². The average Bonchev–Trinajstić information content (AvgIpc) is 2.95. The summed E-state index contributed by atoms with van der Waals surface area (Å²) in [6.45, 7) is 5.65. The van der Waals surface area contributed by atoms with E-state index in [9.17, 15) is 27.9 Å². The minimum Gasteiger partial charge on any atom is -0.486 e. The van der Waals surface area contributed by atoms with E-state index in [0.717, 1.165) is 17.7 Å². The van der Waals surface area contributed by atoms with Crippen molar-refractivity contribution in [1.29, 1.82) is 0 Å². The van der Waals surface area contributed by atoms with Crippen LogP contribution in [0.5, 0.6) is 5.75 Å². The molecule has 2 aromatic rings. The quantitative estimate of drug-likeness (QED) is 0.483. The smallest absolute Gasteiger partial charge is 0.416 e. The third-order valence-electron chi connectivity index (χ3n) is 7.77. The number of rotatable bonds is 8. The second kappa shape index (κ2) is 13.2. The molecule has 224 valence electrons. The summed E-state index contributed by atoms with van der Waals surface area (Å²) in [6, 6.07) is 9.67. The molecule has 1 saturated heterocycles. The summed E-state index contributed by atoms with van der Waals surface area (Å²) >= 11 is 0. The van der Waals surface area contributed by atoms with E-state index in [1.807, 2.05) is 18.9 Å². The monoisotopic (exact) mass is 577 g/mol. The Bertz CT molecular complexity index is 1200. The highest BCUT2D eigenvalue weighted by Crippen LogP contribution is 2.36. The first-order chi connectivity index (χ1) is 19.5. The number of para-hydroxylation sites is 1. The molecule has 11 heteroatoms. The summed E-state index contributed by atoms with van der Waals surface area (Å²) in [7, 11) is 1.85. The van der Waals surface area contributed by atoms with E-state index in [1.165, 1.54) is 12.1 Å². The van der Waals surface area contributed by atoms with Gasteiger partial charge >= 0.3 is 6.18 Å². The maximum absolute atomic E-state index is 13.7. The molecule has 2 amide bonds. The van der Waals surface area contributed by atoms with Gasteiger partial charge in [0.1, 0.15) is 6.10 Å². The lowest BCUT2D eigenvalue weighted by Crippen LogP contribution is -2.49. The Morgan fingerprint density at radius 2 is 1.85 bits per heavy atom. The minimum atomic E-state index is -4.40. The van der Waals surface area contributed by atoms with Gasteiger partial charge < -0.3 is 24.8 Å². The van der Waals surface area contributed by atoms with E-state index in [-0.39, 0.29) is 41.6 Å². The van der Waals surface area contributed by atoms with Crippen LogP contribution in [0.4, 0.5) is 18.9 Å². The number of carbonyl (C=O) groups excluding carboxylic acids is 2. The fourth-order valence-electron chi connectivity index (χ4n) is 5.24. The van der Waals surface area contributed by atoms with Crippen LogP contribution in [0.3, 0.4) is 0 Å². The molecular weight excluding hydrogens is 539 g/mol. The van der Waals surface area contributed by atoms with Crippen LogP contribution in [-0.2, 0) is 22.3 Å².